The number of halogens is 2. The third-order valence-electron chi connectivity index (χ3n) is 2.59. The summed E-state index contributed by atoms with van der Waals surface area (Å²) in [4.78, 5) is 10.6. The van der Waals surface area contributed by atoms with Crippen LogP contribution < -0.4 is 4.74 Å². The second-order valence-electron chi connectivity index (χ2n) is 3.74. The van der Waals surface area contributed by atoms with Crippen LogP contribution in [0.25, 0.3) is 0 Å². The Balaban J connectivity index is 2.28. The topological polar surface area (TPSA) is 46.5 Å². The van der Waals surface area contributed by atoms with Crippen molar-refractivity contribution in [2.75, 3.05) is 0 Å². The van der Waals surface area contributed by atoms with Gasteiger partial charge in [0.1, 0.15) is 11.3 Å². The lowest BCUT2D eigenvalue weighted by atomic mass is 9.96. The van der Waals surface area contributed by atoms with Crippen LogP contribution in [0.1, 0.15) is 29.6 Å². The zero-order valence-corrected chi connectivity index (χ0v) is 8.37. The summed E-state index contributed by atoms with van der Waals surface area (Å²) < 4.78 is 31.4. The zero-order chi connectivity index (χ0) is 11.7. The Hall–Kier alpha value is -1.65. The molecule has 16 heavy (non-hydrogen) atoms. The van der Waals surface area contributed by atoms with Gasteiger partial charge in [-0.15, -0.1) is 0 Å². The molecule has 0 aromatic heterocycles. The van der Waals surface area contributed by atoms with E-state index < -0.39 is 23.2 Å². The number of rotatable bonds is 3. The lowest BCUT2D eigenvalue weighted by Gasteiger charge is -2.26. The molecule has 2 rings (SSSR count). The SMILES string of the molecule is O=C(O)c1cc(OC2CCC2)cc(F)c1F. The van der Waals surface area contributed by atoms with E-state index in [1.807, 2.05) is 0 Å². The summed E-state index contributed by atoms with van der Waals surface area (Å²) in [6, 6.07) is 1.89. The zero-order valence-electron chi connectivity index (χ0n) is 8.37. The molecule has 1 aliphatic rings. The predicted molar refractivity (Wildman–Crippen MR) is 51.6 cm³/mol. The van der Waals surface area contributed by atoms with Crippen molar-refractivity contribution in [3.05, 3.63) is 29.3 Å². The second kappa shape index (κ2) is 4.08. The molecular weight excluding hydrogens is 218 g/mol. The number of carboxylic acid groups (broad SMARTS) is 1. The standard InChI is InChI=1S/C11H10F2O3/c12-9-5-7(16-6-2-1-3-6)4-8(10(9)13)11(14)15/h4-6H,1-3H2,(H,14,15). The average Bonchev–Trinajstić information content (AvgIpc) is 2.16. The van der Waals surface area contributed by atoms with Crippen LogP contribution >= 0.6 is 0 Å². The van der Waals surface area contributed by atoms with Crippen LogP contribution in [0.4, 0.5) is 8.78 Å². The van der Waals surface area contributed by atoms with Gasteiger partial charge in [0.25, 0.3) is 0 Å². The van der Waals surface area contributed by atoms with Crippen LogP contribution in [0.15, 0.2) is 12.1 Å². The molecule has 3 nitrogen and oxygen atoms in total. The fourth-order valence-electron chi connectivity index (χ4n) is 1.47. The number of benzene rings is 1. The summed E-state index contributed by atoms with van der Waals surface area (Å²) in [7, 11) is 0. The van der Waals surface area contributed by atoms with Gasteiger partial charge in [-0.3, -0.25) is 0 Å². The number of ether oxygens (including phenoxy) is 1. The normalized spacial score (nSPS) is 15.6. The van der Waals surface area contributed by atoms with E-state index in [-0.39, 0.29) is 11.9 Å². The van der Waals surface area contributed by atoms with Gasteiger partial charge < -0.3 is 9.84 Å². The molecule has 0 saturated heterocycles. The first-order valence-electron chi connectivity index (χ1n) is 4.97. The van der Waals surface area contributed by atoms with Gasteiger partial charge in [0.15, 0.2) is 11.6 Å². The van der Waals surface area contributed by atoms with E-state index in [1.165, 1.54) is 0 Å². The Morgan fingerprint density at radius 3 is 2.56 bits per heavy atom. The molecule has 0 atom stereocenters. The molecule has 1 aliphatic carbocycles. The molecule has 1 N–H and O–H groups in total. The van der Waals surface area contributed by atoms with Crippen LogP contribution in [-0.4, -0.2) is 17.2 Å². The third-order valence-corrected chi connectivity index (χ3v) is 2.59. The fourth-order valence-corrected chi connectivity index (χ4v) is 1.47. The van der Waals surface area contributed by atoms with Gasteiger partial charge in [0.2, 0.25) is 0 Å². The van der Waals surface area contributed by atoms with Crippen molar-refractivity contribution in [2.24, 2.45) is 0 Å². The van der Waals surface area contributed by atoms with Crippen molar-refractivity contribution in [1.29, 1.82) is 0 Å². The van der Waals surface area contributed by atoms with Crippen LogP contribution in [-0.2, 0) is 0 Å². The lowest BCUT2D eigenvalue weighted by Crippen LogP contribution is -2.24. The molecule has 0 bridgehead atoms. The summed E-state index contributed by atoms with van der Waals surface area (Å²) in [5.41, 5.74) is -0.700. The van der Waals surface area contributed by atoms with E-state index in [2.05, 4.69) is 0 Å². The smallest absolute Gasteiger partial charge is 0.338 e. The fraction of sp³-hybridized carbons (Fsp3) is 0.364. The molecule has 0 heterocycles. The van der Waals surface area contributed by atoms with Crippen molar-refractivity contribution in [3.8, 4) is 5.75 Å². The predicted octanol–water partition coefficient (Wildman–Crippen LogP) is 2.59. The molecule has 86 valence electrons. The first kappa shape index (κ1) is 10.9. The molecule has 0 aliphatic heterocycles. The highest BCUT2D eigenvalue weighted by Gasteiger charge is 2.22. The molecule has 1 saturated carbocycles. The Morgan fingerprint density at radius 1 is 1.38 bits per heavy atom. The van der Waals surface area contributed by atoms with Gasteiger partial charge in [0.05, 0.1) is 6.10 Å². The molecule has 1 aromatic carbocycles. The number of hydrogen-bond donors (Lipinski definition) is 1. The molecular formula is C11H10F2O3. The van der Waals surface area contributed by atoms with Gasteiger partial charge in [-0.25, -0.2) is 13.6 Å². The minimum Gasteiger partial charge on any atom is -0.490 e. The average molecular weight is 228 g/mol. The van der Waals surface area contributed by atoms with Crippen molar-refractivity contribution in [3.63, 3.8) is 0 Å². The summed E-state index contributed by atoms with van der Waals surface area (Å²) in [6.07, 6.45) is 2.76. The van der Waals surface area contributed by atoms with E-state index in [4.69, 9.17) is 9.84 Å². The third kappa shape index (κ3) is 1.98. The van der Waals surface area contributed by atoms with Gasteiger partial charge in [-0.2, -0.15) is 0 Å². The van der Waals surface area contributed by atoms with E-state index in [0.29, 0.717) is 0 Å². The highest BCUT2D eigenvalue weighted by molar-refractivity contribution is 5.88. The monoisotopic (exact) mass is 228 g/mol. The van der Waals surface area contributed by atoms with Crippen molar-refractivity contribution >= 4 is 5.97 Å². The molecule has 5 heteroatoms. The van der Waals surface area contributed by atoms with Crippen LogP contribution in [0.3, 0.4) is 0 Å². The second-order valence-corrected chi connectivity index (χ2v) is 3.74. The highest BCUT2D eigenvalue weighted by Crippen LogP contribution is 2.27. The van der Waals surface area contributed by atoms with Crippen molar-refractivity contribution in [2.45, 2.75) is 25.4 Å². The molecule has 1 aromatic rings. The van der Waals surface area contributed by atoms with Gasteiger partial charge in [0, 0.05) is 6.07 Å². The molecule has 0 unspecified atom stereocenters. The van der Waals surface area contributed by atoms with Gasteiger partial charge >= 0.3 is 5.97 Å². The van der Waals surface area contributed by atoms with E-state index in [0.717, 1.165) is 31.4 Å². The molecule has 0 amide bonds. The molecule has 0 spiro atoms. The van der Waals surface area contributed by atoms with Crippen LogP contribution in [0.2, 0.25) is 0 Å². The minimum absolute atomic E-state index is 0.00786. The Bertz CT molecular complexity index is 427. The summed E-state index contributed by atoms with van der Waals surface area (Å²) in [5, 5.41) is 8.66. The van der Waals surface area contributed by atoms with E-state index in [1.54, 1.807) is 0 Å². The number of carboxylic acids is 1. The van der Waals surface area contributed by atoms with Crippen molar-refractivity contribution < 1.29 is 23.4 Å². The quantitative estimate of drug-likeness (QED) is 0.864. The Kier molecular flexibility index (Phi) is 2.77. The maximum atomic E-state index is 13.1. The number of hydrogen-bond acceptors (Lipinski definition) is 2. The van der Waals surface area contributed by atoms with E-state index >= 15 is 0 Å². The number of carbonyl (C=O) groups is 1. The number of aromatic carboxylic acids is 1. The Labute approximate surface area is 90.7 Å². The van der Waals surface area contributed by atoms with Gasteiger partial charge in [-0.05, 0) is 25.3 Å². The molecule has 1 fully saturated rings. The summed E-state index contributed by atoms with van der Waals surface area (Å²) in [6.45, 7) is 0. The first-order valence-corrected chi connectivity index (χ1v) is 4.97. The first-order chi connectivity index (χ1) is 7.58. The maximum absolute atomic E-state index is 13.1. The lowest BCUT2D eigenvalue weighted by molar-refractivity contribution is 0.0688. The summed E-state index contributed by atoms with van der Waals surface area (Å²) >= 11 is 0. The molecule has 0 radical (unpaired) electrons. The Morgan fingerprint density at radius 2 is 2.06 bits per heavy atom. The maximum Gasteiger partial charge on any atom is 0.338 e. The van der Waals surface area contributed by atoms with Crippen LogP contribution in [0, 0.1) is 11.6 Å². The van der Waals surface area contributed by atoms with Gasteiger partial charge in [-0.1, -0.05) is 0 Å². The largest absolute Gasteiger partial charge is 0.490 e. The van der Waals surface area contributed by atoms with Crippen molar-refractivity contribution in [1.82, 2.24) is 0 Å². The van der Waals surface area contributed by atoms with Crippen LogP contribution in [0.5, 0.6) is 5.75 Å². The highest BCUT2D eigenvalue weighted by atomic mass is 19.2. The minimum atomic E-state index is -1.50. The summed E-state index contributed by atoms with van der Waals surface area (Å²) in [5.74, 6) is -3.99. The van der Waals surface area contributed by atoms with E-state index in [9.17, 15) is 13.6 Å².